The van der Waals surface area contributed by atoms with Crippen LogP contribution >= 0.6 is 11.3 Å². The van der Waals surface area contributed by atoms with Crippen molar-refractivity contribution in [3.05, 3.63) is 28.5 Å². The van der Waals surface area contributed by atoms with Gasteiger partial charge in [-0.15, -0.1) is 11.3 Å². The van der Waals surface area contributed by atoms with Crippen molar-refractivity contribution < 1.29 is 8.42 Å². The Bertz CT molecular complexity index is 682. The quantitative estimate of drug-likeness (QED) is 0.793. The first-order valence-electron chi connectivity index (χ1n) is 6.48. The Kier molecular flexibility index (Phi) is 5.21. The number of hydrogen-bond donors (Lipinski definition) is 2. The van der Waals surface area contributed by atoms with Crippen molar-refractivity contribution in [3.63, 3.8) is 0 Å². The maximum Gasteiger partial charge on any atom is 0.243 e. The standard InChI is InChI=1S/C12H17N5O2S2/c1-3-13-12-14-6-10(7-15-12)21(18,19)16-5-4-11-17-9(2)8-20-11/h6-8,16H,3-5H2,1-2H3,(H,13,14,15). The molecule has 0 radical (unpaired) electrons. The summed E-state index contributed by atoms with van der Waals surface area (Å²) in [6, 6.07) is 0. The Hall–Kier alpha value is -1.58. The first-order chi connectivity index (χ1) is 10.0. The molecular weight excluding hydrogens is 310 g/mol. The highest BCUT2D eigenvalue weighted by Gasteiger charge is 2.15. The van der Waals surface area contributed by atoms with Gasteiger partial charge >= 0.3 is 0 Å². The predicted octanol–water partition coefficient (Wildman–Crippen LogP) is 1.19. The van der Waals surface area contributed by atoms with Crippen LogP contribution in [-0.4, -0.2) is 36.5 Å². The van der Waals surface area contributed by atoms with E-state index in [0.717, 1.165) is 10.7 Å². The van der Waals surface area contributed by atoms with Gasteiger partial charge in [-0.25, -0.2) is 28.1 Å². The van der Waals surface area contributed by atoms with Gasteiger partial charge in [-0.3, -0.25) is 0 Å². The molecule has 2 heterocycles. The molecule has 2 aromatic heterocycles. The highest BCUT2D eigenvalue weighted by atomic mass is 32.2. The molecule has 0 aromatic carbocycles. The lowest BCUT2D eigenvalue weighted by Gasteiger charge is -2.06. The molecule has 0 amide bonds. The van der Waals surface area contributed by atoms with E-state index in [-0.39, 0.29) is 4.90 Å². The molecule has 2 N–H and O–H groups in total. The van der Waals surface area contributed by atoms with E-state index in [0.29, 0.717) is 25.5 Å². The van der Waals surface area contributed by atoms with Crippen LogP contribution in [0.1, 0.15) is 17.6 Å². The Morgan fingerprint density at radius 2 is 2.00 bits per heavy atom. The Labute approximate surface area is 127 Å². The molecule has 9 heteroatoms. The van der Waals surface area contributed by atoms with Crippen molar-refractivity contribution >= 4 is 27.3 Å². The second-order valence-corrected chi connectivity index (χ2v) is 7.01. The monoisotopic (exact) mass is 327 g/mol. The molecule has 2 aromatic rings. The summed E-state index contributed by atoms with van der Waals surface area (Å²) in [6.45, 7) is 4.80. The zero-order chi connectivity index (χ0) is 15.3. The van der Waals surface area contributed by atoms with Crippen LogP contribution in [0.5, 0.6) is 0 Å². The molecule has 0 unspecified atom stereocenters. The molecule has 0 aliphatic heterocycles. The summed E-state index contributed by atoms with van der Waals surface area (Å²) < 4.78 is 26.7. The smallest absolute Gasteiger partial charge is 0.243 e. The summed E-state index contributed by atoms with van der Waals surface area (Å²) in [7, 11) is -3.58. The SMILES string of the molecule is CCNc1ncc(S(=O)(=O)NCCc2nc(C)cs2)cn1. The summed E-state index contributed by atoms with van der Waals surface area (Å²) >= 11 is 1.52. The van der Waals surface area contributed by atoms with Crippen LogP contribution < -0.4 is 10.0 Å². The van der Waals surface area contributed by atoms with E-state index in [2.05, 4.69) is 25.0 Å². The molecule has 0 bridgehead atoms. The first-order valence-corrected chi connectivity index (χ1v) is 8.84. The third kappa shape index (κ3) is 4.45. The Morgan fingerprint density at radius 1 is 1.29 bits per heavy atom. The van der Waals surface area contributed by atoms with Gasteiger partial charge in [-0.1, -0.05) is 0 Å². The van der Waals surface area contributed by atoms with E-state index >= 15 is 0 Å². The maximum absolute atomic E-state index is 12.1. The van der Waals surface area contributed by atoms with Crippen molar-refractivity contribution in [2.45, 2.75) is 25.2 Å². The van der Waals surface area contributed by atoms with Crippen molar-refractivity contribution in [1.29, 1.82) is 0 Å². The van der Waals surface area contributed by atoms with Crippen LogP contribution in [0.4, 0.5) is 5.95 Å². The topological polar surface area (TPSA) is 96.9 Å². The van der Waals surface area contributed by atoms with E-state index in [9.17, 15) is 8.42 Å². The first kappa shape index (κ1) is 15.8. The largest absolute Gasteiger partial charge is 0.355 e. The minimum Gasteiger partial charge on any atom is -0.355 e. The molecule has 0 atom stereocenters. The number of aryl methyl sites for hydroxylation is 1. The van der Waals surface area contributed by atoms with Gasteiger partial charge in [-0.05, 0) is 13.8 Å². The normalized spacial score (nSPS) is 11.5. The molecule has 7 nitrogen and oxygen atoms in total. The molecule has 0 aliphatic rings. The fourth-order valence-electron chi connectivity index (χ4n) is 1.60. The van der Waals surface area contributed by atoms with Gasteiger partial charge in [-0.2, -0.15) is 0 Å². The summed E-state index contributed by atoms with van der Waals surface area (Å²) in [5.74, 6) is 0.412. The number of nitrogens with zero attached hydrogens (tertiary/aromatic N) is 3. The third-order valence-corrected chi connectivity index (χ3v) is 5.01. The van der Waals surface area contributed by atoms with Crippen molar-refractivity contribution in [3.8, 4) is 0 Å². The second kappa shape index (κ2) is 6.92. The van der Waals surface area contributed by atoms with Crippen LogP contribution in [0.15, 0.2) is 22.7 Å². The van der Waals surface area contributed by atoms with Gasteiger partial charge in [0.2, 0.25) is 16.0 Å². The number of rotatable bonds is 7. The molecular formula is C12H17N5O2S2. The van der Waals surface area contributed by atoms with Crippen LogP contribution in [0.25, 0.3) is 0 Å². The number of hydrogen-bond acceptors (Lipinski definition) is 7. The molecule has 2 rings (SSSR count). The van der Waals surface area contributed by atoms with Gasteiger partial charge in [0.1, 0.15) is 4.90 Å². The number of anilines is 1. The van der Waals surface area contributed by atoms with Gasteiger partial charge in [0.25, 0.3) is 0 Å². The highest BCUT2D eigenvalue weighted by Crippen LogP contribution is 2.10. The number of nitrogens with one attached hydrogen (secondary N) is 2. The molecule has 114 valence electrons. The minimum absolute atomic E-state index is 0.0551. The molecule has 0 spiro atoms. The average Bonchev–Trinajstić information content (AvgIpc) is 2.85. The van der Waals surface area contributed by atoms with Crippen LogP contribution in [0, 0.1) is 6.92 Å². The second-order valence-electron chi connectivity index (χ2n) is 4.30. The van der Waals surface area contributed by atoms with Gasteiger partial charge in [0.05, 0.1) is 17.4 Å². The number of thiazole rings is 1. The average molecular weight is 327 g/mol. The van der Waals surface area contributed by atoms with E-state index in [1.54, 1.807) is 0 Å². The highest BCUT2D eigenvalue weighted by molar-refractivity contribution is 7.89. The van der Waals surface area contributed by atoms with Crippen LogP contribution in [0.2, 0.25) is 0 Å². The van der Waals surface area contributed by atoms with E-state index in [1.165, 1.54) is 23.7 Å². The maximum atomic E-state index is 12.1. The molecule has 21 heavy (non-hydrogen) atoms. The number of aromatic nitrogens is 3. The van der Waals surface area contributed by atoms with E-state index in [4.69, 9.17) is 0 Å². The van der Waals surface area contributed by atoms with E-state index < -0.39 is 10.0 Å². The fourth-order valence-corrected chi connectivity index (χ4v) is 3.29. The van der Waals surface area contributed by atoms with Gasteiger partial charge < -0.3 is 5.32 Å². The zero-order valence-electron chi connectivity index (χ0n) is 11.8. The summed E-state index contributed by atoms with van der Waals surface area (Å²) in [4.78, 5) is 12.2. The summed E-state index contributed by atoms with van der Waals surface area (Å²) in [6.07, 6.45) is 3.15. The van der Waals surface area contributed by atoms with Gasteiger partial charge in [0, 0.05) is 30.6 Å². The van der Waals surface area contributed by atoms with Crippen LogP contribution in [0.3, 0.4) is 0 Å². The minimum atomic E-state index is -3.58. The zero-order valence-corrected chi connectivity index (χ0v) is 13.5. The lowest BCUT2D eigenvalue weighted by atomic mass is 10.4. The Morgan fingerprint density at radius 3 is 2.57 bits per heavy atom. The Balaban J connectivity index is 1.94. The molecule has 0 fully saturated rings. The summed E-state index contributed by atoms with van der Waals surface area (Å²) in [5, 5.41) is 5.76. The van der Waals surface area contributed by atoms with E-state index in [1.807, 2.05) is 19.2 Å². The molecule has 0 saturated carbocycles. The fraction of sp³-hybridized carbons (Fsp3) is 0.417. The summed E-state index contributed by atoms with van der Waals surface area (Å²) in [5.41, 5.74) is 0.949. The van der Waals surface area contributed by atoms with Gasteiger partial charge in [0.15, 0.2) is 0 Å². The van der Waals surface area contributed by atoms with Crippen molar-refractivity contribution in [2.24, 2.45) is 0 Å². The lowest BCUT2D eigenvalue weighted by molar-refractivity contribution is 0.580. The van der Waals surface area contributed by atoms with Crippen molar-refractivity contribution in [1.82, 2.24) is 19.7 Å². The third-order valence-electron chi connectivity index (χ3n) is 2.57. The lowest BCUT2D eigenvalue weighted by Crippen LogP contribution is -2.26. The molecule has 0 aliphatic carbocycles. The molecule has 0 saturated heterocycles. The van der Waals surface area contributed by atoms with Crippen molar-refractivity contribution in [2.75, 3.05) is 18.4 Å². The number of sulfonamides is 1. The predicted molar refractivity (Wildman–Crippen MR) is 81.9 cm³/mol. The van der Waals surface area contributed by atoms with Crippen LogP contribution in [-0.2, 0) is 16.4 Å².